The second-order valence-electron chi connectivity index (χ2n) is 12.9. The van der Waals surface area contributed by atoms with Crippen LogP contribution in [-0.4, -0.2) is 23.1 Å². The van der Waals surface area contributed by atoms with Crippen molar-refractivity contribution < 1.29 is 19.2 Å². The van der Waals surface area contributed by atoms with Crippen LogP contribution in [-0.2, 0) is 19.2 Å². The third-order valence-electron chi connectivity index (χ3n) is 10.6. The van der Waals surface area contributed by atoms with Crippen LogP contribution in [0.1, 0.15) is 67.2 Å². The molecule has 200 valence electrons. The molecule has 0 bridgehead atoms. The van der Waals surface area contributed by atoms with E-state index in [1.807, 2.05) is 45.1 Å². The van der Waals surface area contributed by atoms with E-state index in [2.05, 4.69) is 32.9 Å². The molecular weight excluding hydrogens is 472 g/mol. The molecule has 6 aliphatic rings. The minimum Gasteiger partial charge on any atom is -0.294 e. The highest BCUT2D eigenvalue weighted by molar-refractivity contribution is 6.06. The molecule has 4 nitrogen and oxygen atoms in total. The van der Waals surface area contributed by atoms with Gasteiger partial charge in [0.2, 0.25) is 0 Å². The Balaban J connectivity index is 0.000000155. The summed E-state index contributed by atoms with van der Waals surface area (Å²) >= 11 is 0. The lowest BCUT2D eigenvalue weighted by molar-refractivity contribution is -0.140. The van der Waals surface area contributed by atoms with Crippen molar-refractivity contribution in [2.45, 2.75) is 67.2 Å². The molecule has 0 saturated carbocycles. The van der Waals surface area contributed by atoms with E-state index in [-0.39, 0.29) is 64.1 Å². The molecule has 0 aliphatic heterocycles. The summed E-state index contributed by atoms with van der Waals surface area (Å²) in [5.74, 6) is 0.785. The van der Waals surface area contributed by atoms with Gasteiger partial charge >= 0.3 is 0 Å². The highest BCUT2D eigenvalue weighted by atomic mass is 16.1. The predicted molar refractivity (Wildman–Crippen MR) is 149 cm³/mol. The van der Waals surface area contributed by atoms with Gasteiger partial charge in [0, 0.05) is 23.2 Å². The molecule has 0 amide bonds. The zero-order valence-corrected chi connectivity index (χ0v) is 23.5. The topological polar surface area (TPSA) is 68.3 Å². The van der Waals surface area contributed by atoms with E-state index >= 15 is 0 Å². The van der Waals surface area contributed by atoms with Crippen molar-refractivity contribution in [1.82, 2.24) is 0 Å². The van der Waals surface area contributed by atoms with Crippen molar-refractivity contribution in [3.8, 4) is 0 Å². The fraction of sp³-hybridized carbons (Fsp3) is 0.529. The number of ketones is 4. The van der Waals surface area contributed by atoms with E-state index in [9.17, 15) is 19.2 Å². The lowest BCUT2D eigenvalue weighted by Gasteiger charge is -2.50. The molecular formula is C34H40O4. The largest absolute Gasteiger partial charge is 0.294 e. The number of carbonyl (C=O) groups is 4. The Kier molecular flexibility index (Phi) is 6.60. The maximum Gasteiger partial charge on any atom is 0.162 e. The third kappa shape index (κ3) is 3.94. The summed E-state index contributed by atoms with van der Waals surface area (Å²) in [6, 6.07) is 0. The van der Waals surface area contributed by atoms with Gasteiger partial charge < -0.3 is 0 Å². The molecule has 0 radical (unpaired) electrons. The van der Waals surface area contributed by atoms with Crippen LogP contribution in [0.2, 0.25) is 0 Å². The molecule has 0 aromatic rings. The summed E-state index contributed by atoms with van der Waals surface area (Å²) in [5.41, 5.74) is 3.52. The van der Waals surface area contributed by atoms with Crippen LogP contribution >= 0.6 is 0 Å². The molecule has 0 saturated heterocycles. The Morgan fingerprint density at radius 3 is 2.11 bits per heavy atom. The van der Waals surface area contributed by atoms with E-state index < -0.39 is 5.41 Å². The lowest BCUT2D eigenvalue weighted by Crippen LogP contribution is -2.52. The number of rotatable bonds is 0. The van der Waals surface area contributed by atoms with Gasteiger partial charge in [-0.2, -0.15) is 0 Å². The molecule has 8 atom stereocenters. The van der Waals surface area contributed by atoms with Crippen LogP contribution in [0.3, 0.4) is 0 Å². The van der Waals surface area contributed by atoms with Crippen molar-refractivity contribution in [2.24, 2.45) is 46.3 Å². The zero-order valence-electron chi connectivity index (χ0n) is 23.5. The fourth-order valence-corrected chi connectivity index (χ4v) is 8.30. The molecule has 0 fully saturated rings. The van der Waals surface area contributed by atoms with Gasteiger partial charge in [0.05, 0.1) is 0 Å². The minimum absolute atomic E-state index is 0.130. The van der Waals surface area contributed by atoms with Gasteiger partial charge in [0.25, 0.3) is 0 Å². The first kappa shape index (κ1) is 26.7. The standard InChI is InChI=1S/2C17H20O2/c1-10-6-7-12-11(2)9-17(3)8-4-5-13(18)15(17)14(12)16(10)19;1-10-7-8-13-11(2)9-12-5-4-6-14(18)17(12,3)15(13)16(10)19/h4-6,9,12,14-15H,7-8H2,1-3H3;4,6-7,9,12-13,15H,5,8H2,1-3H3/t12-,14+,15-,17-;12-,13-,15-,17-/m10/s1. The van der Waals surface area contributed by atoms with Gasteiger partial charge in [-0.3, -0.25) is 19.2 Å². The Morgan fingerprint density at radius 2 is 1.39 bits per heavy atom. The number of hydrogen-bond donors (Lipinski definition) is 0. The van der Waals surface area contributed by atoms with Gasteiger partial charge in [0.15, 0.2) is 23.1 Å². The molecule has 38 heavy (non-hydrogen) atoms. The quantitative estimate of drug-likeness (QED) is 0.348. The van der Waals surface area contributed by atoms with E-state index in [1.54, 1.807) is 12.2 Å². The van der Waals surface area contributed by atoms with Gasteiger partial charge in [-0.05, 0) is 99.8 Å². The SMILES string of the molecule is CC1=CC[C@@H]2C(C)=C[C@@]3(C)CC=CC(=O)[C@@H]3[C@H]2C1=O.CC1=CC[C@H]2C(C)=C[C@@H]3CC=CC(=O)[C@@]3(C)[C@@H]2C1=O. The fourth-order valence-electron chi connectivity index (χ4n) is 8.30. The number of allylic oxidation sites excluding steroid dienone is 12. The Morgan fingerprint density at radius 1 is 0.737 bits per heavy atom. The van der Waals surface area contributed by atoms with Gasteiger partial charge in [-0.15, -0.1) is 0 Å². The van der Waals surface area contributed by atoms with Crippen LogP contribution in [0, 0.1) is 46.3 Å². The summed E-state index contributed by atoms with van der Waals surface area (Å²) < 4.78 is 0. The van der Waals surface area contributed by atoms with Crippen molar-refractivity contribution in [2.75, 3.05) is 0 Å². The second-order valence-corrected chi connectivity index (χ2v) is 12.9. The Labute approximate surface area is 226 Å². The molecule has 0 spiro atoms. The van der Waals surface area contributed by atoms with Gasteiger partial charge in [0.1, 0.15) is 0 Å². The van der Waals surface area contributed by atoms with Crippen molar-refractivity contribution in [3.05, 3.63) is 70.9 Å². The average molecular weight is 513 g/mol. The summed E-state index contributed by atoms with van der Waals surface area (Å²) in [4.78, 5) is 50.1. The van der Waals surface area contributed by atoms with Crippen LogP contribution in [0.25, 0.3) is 0 Å². The summed E-state index contributed by atoms with van der Waals surface area (Å²) in [5, 5.41) is 0. The molecule has 0 aromatic carbocycles. The second kappa shape index (κ2) is 9.39. The monoisotopic (exact) mass is 512 g/mol. The molecule has 0 heterocycles. The highest BCUT2D eigenvalue weighted by Gasteiger charge is 2.56. The number of fused-ring (bicyclic) bond motifs is 6. The first-order chi connectivity index (χ1) is 17.9. The zero-order chi connectivity index (χ0) is 27.6. The third-order valence-corrected chi connectivity index (χ3v) is 10.6. The Bertz CT molecular complexity index is 1300. The van der Waals surface area contributed by atoms with E-state index in [4.69, 9.17) is 0 Å². The normalized spacial score (nSPS) is 41.3. The number of Topliss-reactive ketones (excluding diaryl/α,β-unsaturated/α-hetero) is 2. The molecule has 6 aliphatic carbocycles. The van der Waals surface area contributed by atoms with E-state index in [0.29, 0.717) is 0 Å². The van der Waals surface area contributed by atoms with Crippen LogP contribution in [0.5, 0.6) is 0 Å². The first-order valence-corrected chi connectivity index (χ1v) is 14.1. The van der Waals surface area contributed by atoms with E-state index in [1.165, 1.54) is 11.1 Å². The van der Waals surface area contributed by atoms with E-state index in [0.717, 1.165) is 36.8 Å². The van der Waals surface area contributed by atoms with Gasteiger partial charge in [-0.25, -0.2) is 0 Å². The van der Waals surface area contributed by atoms with Crippen LogP contribution in [0.4, 0.5) is 0 Å². The first-order valence-electron chi connectivity index (χ1n) is 14.1. The Hall–Kier alpha value is -2.88. The molecule has 0 N–H and O–H groups in total. The number of carbonyl (C=O) groups excluding carboxylic acids is 4. The summed E-state index contributed by atoms with van der Waals surface area (Å²) in [6.45, 7) is 12.1. The highest BCUT2D eigenvalue weighted by Crippen LogP contribution is 2.55. The average Bonchev–Trinajstić information content (AvgIpc) is 2.85. The predicted octanol–water partition coefficient (Wildman–Crippen LogP) is 6.50. The maximum atomic E-state index is 12.6. The maximum absolute atomic E-state index is 12.6. The molecule has 4 heteroatoms. The molecule has 6 rings (SSSR count). The molecule has 0 aromatic heterocycles. The summed E-state index contributed by atoms with van der Waals surface area (Å²) in [6.07, 6.45) is 19.4. The smallest absolute Gasteiger partial charge is 0.162 e. The van der Waals surface area contributed by atoms with Crippen LogP contribution in [0.15, 0.2) is 70.9 Å². The van der Waals surface area contributed by atoms with Gasteiger partial charge in [-0.1, -0.05) is 61.4 Å². The minimum atomic E-state index is -0.536. The van der Waals surface area contributed by atoms with Crippen molar-refractivity contribution in [3.63, 3.8) is 0 Å². The van der Waals surface area contributed by atoms with Crippen LogP contribution < -0.4 is 0 Å². The van der Waals surface area contributed by atoms with Crippen molar-refractivity contribution in [1.29, 1.82) is 0 Å². The number of hydrogen-bond acceptors (Lipinski definition) is 4. The molecule has 0 unspecified atom stereocenters. The summed E-state index contributed by atoms with van der Waals surface area (Å²) in [7, 11) is 0. The lowest BCUT2D eigenvalue weighted by atomic mass is 9.51. The van der Waals surface area contributed by atoms with Crippen molar-refractivity contribution >= 4 is 23.1 Å².